The number of hydrogen-bond donors (Lipinski definition) is 3. The second-order valence-corrected chi connectivity index (χ2v) is 3.49. The van der Waals surface area contributed by atoms with Gasteiger partial charge in [-0.25, -0.2) is 4.79 Å². The molecular weight excluding hydrogens is 214 g/mol. The fraction of sp³-hybridized carbons (Fsp3) is 0.300. The average molecular weight is 228 g/mol. The molecule has 0 unspecified atom stereocenters. The van der Waals surface area contributed by atoms with Crippen molar-refractivity contribution in [2.75, 3.05) is 18.4 Å². The van der Waals surface area contributed by atoms with Crippen molar-refractivity contribution in [2.45, 2.75) is 6.92 Å². The van der Waals surface area contributed by atoms with E-state index >= 15 is 0 Å². The molecule has 15 heavy (non-hydrogen) atoms. The number of amides is 2. The Balaban J connectivity index is 2.64. The minimum Gasteiger partial charge on any atom is -0.337 e. The predicted molar refractivity (Wildman–Crippen MR) is 62.3 cm³/mol. The molecule has 0 radical (unpaired) electrons. The van der Waals surface area contributed by atoms with E-state index in [1.807, 2.05) is 6.92 Å². The van der Waals surface area contributed by atoms with Crippen LogP contribution in [0.3, 0.4) is 0 Å². The molecule has 0 fully saturated rings. The largest absolute Gasteiger partial charge is 0.337 e. The lowest BCUT2D eigenvalue weighted by Gasteiger charge is -2.09. The lowest BCUT2D eigenvalue weighted by molar-refractivity contribution is 0.252. The molecule has 0 aromatic heterocycles. The summed E-state index contributed by atoms with van der Waals surface area (Å²) < 4.78 is 0. The minimum absolute atomic E-state index is 0.272. The molecule has 82 valence electrons. The van der Waals surface area contributed by atoms with Gasteiger partial charge in [0.2, 0.25) is 0 Å². The monoisotopic (exact) mass is 227 g/mol. The predicted octanol–water partition coefficient (Wildman–Crippen LogP) is 1.73. The van der Waals surface area contributed by atoms with Crippen LogP contribution in [0.4, 0.5) is 10.5 Å². The third-order valence-electron chi connectivity index (χ3n) is 1.95. The highest BCUT2D eigenvalue weighted by atomic mass is 35.5. The van der Waals surface area contributed by atoms with Crippen LogP contribution in [-0.4, -0.2) is 19.1 Å². The summed E-state index contributed by atoms with van der Waals surface area (Å²) >= 11 is 5.91. The van der Waals surface area contributed by atoms with Gasteiger partial charge in [0.1, 0.15) is 0 Å². The van der Waals surface area contributed by atoms with Crippen molar-refractivity contribution in [3.8, 4) is 0 Å². The summed E-state index contributed by atoms with van der Waals surface area (Å²) in [7, 11) is 0. The number of benzene rings is 1. The van der Waals surface area contributed by atoms with Gasteiger partial charge in [-0.05, 0) is 24.6 Å². The Kier molecular flexibility index (Phi) is 4.39. The molecule has 0 spiro atoms. The van der Waals surface area contributed by atoms with E-state index in [0.717, 1.165) is 5.56 Å². The van der Waals surface area contributed by atoms with E-state index in [2.05, 4.69) is 10.6 Å². The van der Waals surface area contributed by atoms with Crippen molar-refractivity contribution >= 4 is 23.3 Å². The lowest BCUT2D eigenvalue weighted by atomic mass is 10.2. The zero-order chi connectivity index (χ0) is 11.3. The van der Waals surface area contributed by atoms with Crippen LogP contribution < -0.4 is 16.4 Å². The Bertz CT molecular complexity index is 355. The first-order valence-electron chi connectivity index (χ1n) is 4.65. The topological polar surface area (TPSA) is 67.2 Å². The smallest absolute Gasteiger partial charge is 0.319 e. The maximum atomic E-state index is 11.3. The maximum absolute atomic E-state index is 11.3. The van der Waals surface area contributed by atoms with E-state index in [1.165, 1.54) is 0 Å². The van der Waals surface area contributed by atoms with Crippen LogP contribution >= 0.6 is 11.6 Å². The van der Waals surface area contributed by atoms with Crippen LogP contribution in [0.1, 0.15) is 5.56 Å². The molecule has 5 heteroatoms. The number of anilines is 1. The molecule has 1 rings (SSSR count). The van der Waals surface area contributed by atoms with Crippen molar-refractivity contribution in [1.29, 1.82) is 0 Å². The summed E-state index contributed by atoms with van der Waals surface area (Å²) in [6, 6.07) is 5.09. The fourth-order valence-corrected chi connectivity index (χ4v) is 1.27. The van der Waals surface area contributed by atoms with E-state index in [-0.39, 0.29) is 6.03 Å². The third-order valence-corrected chi connectivity index (χ3v) is 2.36. The van der Waals surface area contributed by atoms with E-state index in [1.54, 1.807) is 18.2 Å². The van der Waals surface area contributed by atoms with Crippen LogP contribution in [0.25, 0.3) is 0 Å². The van der Waals surface area contributed by atoms with Gasteiger partial charge in [0.15, 0.2) is 0 Å². The second-order valence-electron chi connectivity index (χ2n) is 3.08. The molecule has 0 saturated heterocycles. The van der Waals surface area contributed by atoms with Crippen LogP contribution in [0.5, 0.6) is 0 Å². The van der Waals surface area contributed by atoms with Crippen LogP contribution in [0, 0.1) is 6.92 Å². The first-order valence-corrected chi connectivity index (χ1v) is 5.03. The van der Waals surface area contributed by atoms with Gasteiger partial charge < -0.3 is 16.4 Å². The molecule has 0 aliphatic heterocycles. The summed E-state index contributed by atoms with van der Waals surface area (Å²) in [4.78, 5) is 11.3. The fourth-order valence-electron chi connectivity index (χ4n) is 1.10. The average Bonchev–Trinajstić information content (AvgIpc) is 2.22. The molecule has 0 aliphatic rings. The molecule has 1 aromatic carbocycles. The van der Waals surface area contributed by atoms with Crippen LogP contribution in [0.15, 0.2) is 18.2 Å². The number of carbonyl (C=O) groups is 1. The van der Waals surface area contributed by atoms with Crippen LogP contribution in [-0.2, 0) is 0 Å². The van der Waals surface area contributed by atoms with Gasteiger partial charge in [-0.1, -0.05) is 17.7 Å². The molecule has 4 N–H and O–H groups in total. The summed E-state index contributed by atoms with van der Waals surface area (Å²) in [6.07, 6.45) is 0. The highest BCUT2D eigenvalue weighted by molar-refractivity contribution is 6.31. The van der Waals surface area contributed by atoms with Crippen molar-refractivity contribution in [2.24, 2.45) is 5.73 Å². The van der Waals surface area contributed by atoms with Gasteiger partial charge >= 0.3 is 6.03 Å². The number of rotatable bonds is 3. The van der Waals surface area contributed by atoms with E-state index in [0.29, 0.717) is 23.8 Å². The molecule has 0 heterocycles. The molecule has 2 amide bonds. The molecule has 0 bridgehead atoms. The number of nitrogens with one attached hydrogen (secondary N) is 2. The zero-order valence-electron chi connectivity index (χ0n) is 8.51. The van der Waals surface area contributed by atoms with Gasteiger partial charge in [0.25, 0.3) is 0 Å². The summed E-state index contributed by atoms with van der Waals surface area (Å²) in [5.41, 5.74) is 6.82. The Labute approximate surface area is 93.8 Å². The summed E-state index contributed by atoms with van der Waals surface area (Å²) in [5, 5.41) is 5.94. The van der Waals surface area contributed by atoms with Gasteiger partial charge in [-0.2, -0.15) is 0 Å². The zero-order valence-corrected chi connectivity index (χ0v) is 9.27. The van der Waals surface area contributed by atoms with Gasteiger partial charge in [-0.15, -0.1) is 0 Å². The van der Waals surface area contributed by atoms with E-state index in [4.69, 9.17) is 17.3 Å². The number of urea groups is 1. The first-order chi connectivity index (χ1) is 7.15. The van der Waals surface area contributed by atoms with Gasteiger partial charge in [0, 0.05) is 23.8 Å². The quantitative estimate of drug-likeness (QED) is 0.736. The van der Waals surface area contributed by atoms with Crippen LogP contribution in [0.2, 0.25) is 5.02 Å². The minimum atomic E-state index is -0.272. The van der Waals surface area contributed by atoms with E-state index in [9.17, 15) is 4.79 Å². The number of hydrogen-bond acceptors (Lipinski definition) is 2. The number of nitrogens with two attached hydrogens (primary N) is 1. The Morgan fingerprint density at radius 2 is 2.27 bits per heavy atom. The maximum Gasteiger partial charge on any atom is 0.319 e. The molecule has 0 aliphatic carbocycles. The number of halogens is 1. The molecular formula is C10H14ClN3O. The first kappa shape index (κ1) is 11.8. The van der Waals surface area contributed by atoms with Crippen molar-refractivity contribution in [3.05, 3.63) is 28.8 Å². The second kappa shape index (κ2) is 5.58. The molecule has 0 saturated carbocycles. The lowest BCUT2D eigenvalue weighted by Crippen LogP contribution is -2.33. The highest BCUT2D eigenvalue weighted by Gasteiger charge is 2.05. The van der Waals surface area contributed by atoms with Crippen molar-refractivity contribution in [3.63, 3.8) is 0 Å². The van der Waals surface area contributed by atoms with Crippen molar-refractivity contribution in [1.82, 2.24) is 5.32 Å². The van der Waals surface area contributed by atoms with Gasteiger partial charge in [-0.3, -0.25) is 0 Å². The normalized spacial score (nSPS) is 9.80. The van der Waals surface area contributed by atoms with Crippen molar-refractivity contribution < 1.29 is 4.79 Å². The Hall–Kier alpha value is -1.26. The Morgan fingerprint density at radius 3 is 2.93 bits per heavy atom. The third kappa shape index (κ3) is 3.42. The Morgan fingerprint density at radius 1 is 1.53 bits per heavy atom. The van der Waals surface area contributed by atoms with E-state index < -0.39 is 0 Å². The molecule has 1 aromatic rings. The molecule has 0 atom stereocenters. The number of carbonyl (C=O) groups excluding carboxylic acids is 1. The summed E-state index contributed by atoms with van der Waals surface area (Å²) in [6.45, 7) is 2.72. The standard InChI is InChI=1S/C10H14ClN3O/c1-7-8(11)3-2-4-9(7)14-10(15)13-6-5-12/h2-4H,5-6,12H2,1H3,(H2,13,14,15). The highest BCUT2D eigenvalue weighted by Crippen LogP contribution is 2.22. The molecule has 4 nitrogen and oxygen atoms in total. The van der Waals surface area contributed by atoms with Gasteiger partial charge in [0.05, 0.1) is 0 Å². The summed E-state index contributed by atoms with van der Waals surface area (Å²) in [5.74, 6) is 0. The SMILES string of the molecule is Cc1c(Cl)cccc1NC(=O)NCCN.